The Kier molecular flexibility index (Phi) is 3.05. The molecule has 4 heteroatoms. The minimum absolute atomic E-state index is 0.456. The molecule has 2 rings (SSSR count). The lowest BCUT2D eigenvalue weighted by Gasteiger charge is -2.02. The van der Waals surface area contributed by atoms with Crippen molar-refractivity contribution in [3.63, 3.8) is 0 Å². The third kappa shape index (κ3) is 2.37. The standard InChI is InChI=1S/C11H20N4/c1-8(2)11-13-10(14-15(11)3)6-9-4-5-12-7-9/h8-9,12H,4-7H2,1-3H3. The van der Waals surface area contributed by atoms with Crippen molar-refractivity contribution < 1.29 is 0 Å². The third-order valence-electron chi connectivity index (χ3n) is 2.99. The predicted molar refractivity (Wildman–Crippen MR) is 59.8 cm³/mol. The first-order valence-electron chi connectivity index (χ1n) is 5.77. The molecule has 1 N–H and O–H groups in total. The summed E-state index contributed by atoms with van der Waals surface area (Å²) in [5.41, 5.74) is 0. The van der Waals surface area contributed by atoms with Gasteiger partial charge < -0.3 is 5.32 Å². The molecule has 0 radical (unpaired) electrons. The number of hydrogen-bond donors (Lipinski definition) is 1. The van der Waals surface area contributed by atoms with E-state index < -0.39 is 0 Å². The van der Waals surface area contributed by atoms with Gasteiger partial charge in [-0.3, -0.25) is 4.68 Å². The molecule has 1 fully saturated rings. The zero-order valence-corrected chi connectivity index (χ0v) is 9.82. The number of rotatable bonds is 3. The van der Waals surface area contributed by atoms with Crippen molar-refractivity contribution in [3.8, 4) is 0 Å². The van der Waals surface area contributed by atoms with Gasteiger partial charge in [-0.1, -0.05) is 13.8 Å². The Morgan fingerprint density at radius 3 is 2.87 bits per heavy atom. The van der Waals surface area contributed by atoms with Crippen LogP contribution in [0.4, 0.5) is 0 Å². The van der Waals surface area contributed by atoms with Crippen LogP contribution in [0.25, 0.3) is 0 Å². The van der Waals surface area contributed by atoms with Crippen LogP contribution < -0.4 is 5.32 Å². The molecule has 0 amide bonds. The number of nitrogens with one attached hydrogen (secondary N) is 1. The van der Waals surface area contributed by atoms with Crippen molar-refractivity contribution in [1.29, 1.82) is 0 Å². The monoisotopic (exact) mass is 208 g/mol. The molecule has 0 aliphatic carbocycles. The van der Waals surface area contributed by atoms with Crippen molar-refractivity contribution >= 4 is 0 Å². The fraction of sp³-hybridized carbons (Fsp3) is 0.818. The summed E-state index contributed by atoms with van der Waals surface area (Å²) in [5.74, 6) is 3.29. The van der Waals surface area contributed by atoms with Crippen LogP contribution >= 0.6 is 0 Å². The number of aromatic nitrogens is 3. The largest absolute Gasteiger partial charge is 0.316 e. The summed E-state index contributed by atoms with van der Waals surface area (Å²) in [5, 5.41) is 7.85. The molecule has 0 saturated carbocycles. The first-order valence-corrected chi connectivity index (χ1v) is 5.77. The maximum absolute atomic E-state index is 4.60. The highest BCUT2D eigenvalue weighted by Gasteiger charge is 2.18. The van der Waals surface area contributed by atoms with Crippen molar-refractivity contribution in [2.45, 2.75) is 32.6 Å². The maximum atomic E-state index is 4.60. The Morgan fingerprint density at radius 2 is 2.33 bits per heavy atom. The predicted octanol–water partition coefficient (Wildman–Crippen LogP) is 1.09. The zero-order valence-electron chi connectivity index (χ0n) is 9.82. The molecule has 0 bridgehead atoms. The van der Waals surface area contributed by atoms with E-state index in [9.17, 15) is 0 Å². The van der Waals surface area contributed by atoms with E-state index in [2.05, 4.69) is 29.2 Å². The summed E-state index contributed by atoms with van der Waals surface area (Å²) in [6, 6.07) is 0. The highest BCUT2D eigenvalue weighted by molar-refractivity contribution is 4.98. The highest BCUT2D eigenvalue weighted by atomic mass is 15.3. The van der Waals surface area contributed by atoms with Crippen molar-refractivity contribution in [2.24, 2.45) is 13.0 Å². The minimum atomic E-state index is 0.456. The quantitative estimate of drug-likeness (QED) is 0.808. The summed E-state index contributed by atoms with van der Waals surface area (Å²) in [6.45, 7) is 6.58. The first-order chi connectivity index (χ1) is 7.16. The van der Waals surface area contributed by atoms with Gasteiger partial charge in [-0.2, -0.15) is 5.10 Å². The Hall–Kier alpha value is -0.900. The van der Waals surface area contributed by atoms with Crippen LogP contribution in [0.1, 0.15) is 37.8 Å². The van der Waals surface area contributed by atoms with Gasteiger partial charge in [-0.05, 0) is 25.4 Å². The summed E-state index contributed by atoms with van der Waals surface area (Å²) >= 11 is 0. The van der Waals surface area contributed by atoms with Crippen LogP contribution in [0.2, 0.25) is 0 Å². The molecule has 1 aromatic rings. The van der Waals surface area contributed by atoms with Gasteiger partial charge in [-0.25, -0.2) is 4.98 Å². The minimum Gasteiger partial charge on any atom is -0.316 e. The molecular weight excluding hydrogens is 188 g/mol. The van der Waals surface area contributed by atoms with Crippen LogP contribution in [0.3, 0.4) is 0 Å². The normalized spacial score (nSPS) is 21.5. The number of nitrogens with zero attached hydrogens (tertiary/aromatic N) is 3. The lowest BCUT2D eigenvalue weighted by Crippen LogP contribution is -2.11. The fourth-order valence-corrected chi connectivity index (χ4v) is 2.19. The Labute approximate surface area is 91.1 Å². The van der Waals surface area contributed by atoms with Gasteiger partial charge in [0.1, 0.15) is 5.82 Å². The van der Waals surface area contributed by atoms with E-state index >= 15 is 0 Å². The molecule has 1 saturated heterocycles. The highest BCUT2D eigenvalue weighted by Crippen LogP contribution is 2.15. The first kappa shape index (κ1) is 10.6. The van der Waals surface area contributed by atoms with Gasteiger partial charge in [0.2, 0.25) is 0 Å². The fourth-order valence-electron chi connectivity index (χ4n) is 2.19. The molecule has 1 atom stereocenters. The molecule has 1 aliphatic heterocycles. The number of hydrogen-bond acceptors (Lipinski definition) is 3. The maximum Gasteiger partial charge on any atom is 0.151 e. The van der Waals surface area contributed by atoms with E-state index in [-0.39, 0.29) is 0 Å². The topological polar surface area (TPSA) is 42.7 Å². The molecule has 2 heterocycles. The molecule has 1 unspecified atom stereocenters. The van der Waals surface area contributed by atoms with Gasteiger partial charge >= 0.3 is 0 Å². The number of aryl methyl sites for hydroxylation is 1. The van der Waals surface area contributed by atoms with Gasteiger partial charge in [0.05, 0.1) is 0 Å². The molecule has 15 heavy (non-hydrogen) atoms. The smallest absolute Gasteiger partial charge is 0.151 e. The second-order valence-electron chi connectivity index (χ2n) is 4.73. The van der Waals surface area contributed by atoms with E-state index in [1.54, 1.807) is 0 Å². The van der Waals surface area contributed by atoms with Crippen LogP contribution in [-0.2, 0) is 13.5 Å². The van der Waals surface area contributed by atoms with Crippen molar-refractivity contribution in [2.75, 3.05) is 13.1 Å². The van der Waals surface area contributed by atoms with Gasteiger partial charge in [0, 0.05) is 19.4 Å². The average molecular weight is 208 g/mol. The van der Waals surface area contributed by atoms with Crippen LogP contribution in [0.5, 0.6) is 0 Å². The molecule has 84 valence electrons. The van der Waals surface area contributed by atoms with Gasteiger partial charge in [0.15, 0.2) is 5.82 Å². The second-order valence-corrected chi connectivity index (χ2v) is 4.73. The van der Waals surface area contributed by atoms with E-state index in [1.165, 1.54) is 6.42 Å². The Morgan fingerprint density at radius 1 is 1.53 bits per heavy atom. The van der Waals surface area contributed by atoms with Gasteiger partial charge in [0.25, 0.3) is 0 Å². The summed E-state index contributed by atoms with van der Waals surface area (Å²) < 4.78 is 1.92. The van der Waals surface area contributed by atoms with E-state index in [1.807, 2.05) is 11.7 Å². The van der Waals surface area contributed by atoms with E-state index in [4.69, 9.17) is 0 Å². The van der Waals surface area contributed by atoms with E-state index in [0.717, 1.165) is 37.1 Å². The lowest BCUT2D eigenvalue weighted by molar-refractivity contribution is 0.557. The summed E-state index contributed by atoms with van der Waals surface area (Å²) in [4.78, 5) is 4.60. The van der Waals surface area contributed by atoms with Crippen molar-refractivity contribution in [3.05, 3.63) is 11.6 Å². The van der Waals surface area contributed by atoms with Gasteiger partial charge in [-0.15, -0.1) is 0 Å². The summed E-state index contributed by atoms with van der Waals surface area (Å²) in [6.07, 6.45) is 2.28. The van der Waals surface area contributed by atoms with Crippen LogP contribution in [0.15, 0.2) is 0 Å². The lowest BCUT2D eigenvalue weighted by atomic mass is 10.1. The Bertz CT molecular complexity index is 323. The van der Waals surface area contributed by atoms with Crippen molar-refractivity contribution in [1.82, 2.24) is 20.1 Å². The van der Waals surface area contributed by atoms with E-state index in [0.29, 0.717) is 5.92 Å². The third-order valence-corrected chi connectivity index (χ3v) is 2.99. The molecular formula is C11H20N4. The average Bonchev–Trinajstić information content (AvgIpc) is 2.75. The zero-order chi connectivity index (χ0) is 10.8. The Balaban J connectivity index is 2.05. The second kappa shape index (κ2) is 4.31. The molecule has 4 nitrogen and oxygen atoms in total. The SMILES string of the molecule is CC(C)c1nc(CC2CCNC2)nn1C. The van der Waals surface area contributed by atoms with Crippen LogP contribution in [0, 0.1) is 5.92 Å². The van der Waals surface area contributed by atoms with Crippen LogP contribution in [-0.4, -0.2) is 27.9 Å². The molecule has 0 aromatic carbocycles. The summed E-state index contributed by atoms with van der Waals surface area (Å²) in [7, 11) is 1.98. The molecule has 0 spiro atoms. The molecule has 1 aromatic heterocycles. The molecule has 1 aliphatic rings.